The van der Waals surface area contributed by atoms with Crippen LogP contribution in [0.4, 0.5) is 5.69 Å². The standard InChI is InChI=1S/C13H15ClN4O2/c1-9-2-3-10(6-12(9)14)15-13(20)8-18-7-11(4-5-19)16-17-18/h2-3,6-7,19H,4-5,8H2,1H3,(H,15,20). The molecule has 2 N–H and O–H groups in total. The van der Waals surface area contributed by atoms with Gasteiger partial charge in [0.1, 0.15) is 6.54 Å². The second-order valence-corrected chi connectivity index (χ2v) is 4.80. The van der Waals surface area contributed by atoms with Crippen molar-refractivity contribution in [2.24, 2.45) is 0 Å². The predicted molar refractivity (Wildman–Crippen MR) is 75.6 cm³/mol. The van der Waals surface area contributed by atoms with E-state index in [4.69, 9.17) is 16.7 Å². The van der Waals surface area contributed by atoms with Gasteiger partial charge >= 0.3 is 0 Å². The second kappa shape index (κ2) is 6.49. The Labute approximate surface area is 121 Å². The largest absolute Gasteiger partial charge is 0.396 e. The van der Waals surface area contributed by atoms with Crippen LogP contribution in [0.5, 0.6) is 0 Å². The van der Waals surface area contributed by atoms with Gasteiger partial charge < -0.3 is 10.4 Å². The van der Waals surface area contributed by atoms with E-state index in [9.17, 15) is 4.79 Å². The van der Waals surface area contributed by atoms with Crippen molar-refractivity contribution in [1.82, 2.24) is 15.0 Å². The molecule has 2 rings (SSSR count). The number of amides is 1. The maximum absolute atomic E-state index is 11.9. The molecular weight excluding hydrogens is 280 g/mol. The third-order valence-corrected chi connectivity index (χ3v) is 3.12. The molecule has 0 aliphatic heterocycles. The van der Waals surface area contributed by atoms with Gasteiger partial charge in [-0.1, -0.05) is 22.9 Å². The van der Waals surface area contributed by atoms with Gasteiger partial charge in [0.05, 0.1) is 5.69 Å². The predicted octanol–water partition coefficient (Wildman–Crippen LogP) is 1.41. The fraction of sp³-hybridized carbons (Fsp3) is 0.308. The number of carbonyl (C=O) groups excluding carboxylic acids is 1. The van der Waals surface area contributed by atoms with Crippen LogP contribution < -0.4 is 5.32 Å². The molecule has 0 saturated heterocycles. The van der Waals surface area contributed by atoms with Crippen molar-refractivity contribution < 1.29 is 9.90 Å². The van der Waals surface area contributed by atoms with E-state index in [-0.39, 0.29) is 19.1 Å². The molecule has 2 aromatic rings. The van der Waals surface area contributed by atoms with Crippen LogP contribution in [-0.2, 0) is 17.8 Å². The molecule has 0 fully saturated rings. The summed E-state index contributed by atoms with van der Waals surface area (Å²) in [5, 5.41) is 19.8. The summed E-state index contributed by atoms with van der Waals surface area (Å²) < 4.78 is 1.43. The lowest BCUT2D eigenvalue weighted by atomic mass is 10.2. The van der Waals surface area contributed by atoms with Gasteiger partial charge in [-0.15, -0.1) is 5.10 Å². The molecule has 0 bridgehead atoms. The van der Waals surface area contributed by atoms with E-state index in [1.165, 1.54) is 4.68 Å². The zero-order chi connectivity index (χ0) is 14.5. The Bertz CT molecular complexity index is 612. The normalized spacial score (nSPS) is 10.6. The molecule has 1 heterocycles. The molecule has 106 valence electrons. The Hall–Kier alpha value is -1.92. The molecule has 7 heteroatoms. The lowest BCUT2D eigenvalue weighted by molar-refractivity contribution is -0.116. The molecular formula is C13H15ClN4O2. The minimum atomic E-state index is -0.217. The van der Waals surface area contributed by atoms with E-state index in [1.807, 2.05) is 13.0 Å². The number of nitrogens with zero attached hydrogens (tertiary/aromatic N) is 3. The summed E-state index contributed by atoms with van der Waals surface area (Å²) in [5.41, 5.74) is 2.24. The minimum absolute atomic E-state index is 0.00670. The zero-order valence-corrected chi connectivity index (χ0v) is 11.8. The third kappa shape index (κ3) is 3.79. The number of anilines is 1. The van der Waals surface area contributed by atoms with Crippen molar-refractivity contribution in [2.45, 2.75) is 19.9 Å². The van der Waals surface area contributed by atoms with Gasteiger partial charge in [0.25, 0.3) is 0 Å². The average Bonchev–Trinajstić information content (AvgIpc) is 2.81. The highest BCUT2D eigenvalue weighted by atomic mass is 35.5. The van der Waals surface area contributed by atoms with E-state index in [1.54, 1.807) is 18.3 Å². The van der Waals surface area contributed by atoms with Crippen molar-refractivity contribution >= 4 is 23.2 Å². The summed E-state index contributed by atoms with van der Waals surface area (Å²) in [7, 11) is 0. The quantitative estimate of drug-likeness (QED) is 0.874. The number of nitrogens with one attached hydrogen (secondary N) is 1. The number of rotatable bonds is 5. The van der Waals surface area contributed by atoms with E-state index in [0.717, 1.165) is 5.56 Å². The van der Waals surface area contributed by atoms with Crippen molar-refractivity contribution in [1.29, 1.82) is 0 Å². The van der Waals surface area contributed by atoms with E-state index in [0.29, 0.717) is 22.8 Å². The van der Waals surface area contributed by atoms with Gasteiger partial charge in [0, 0.05) is 29.9 Å². The molecule has 0 spiro atoms. The summed E-state index contributed by atoms with van der Waals surface area (Å²) in [6.07, 6.45) is 2.06. The van der Waals surface area contributed by atoms with Gasteiger partial charge in [-0.3, -0.25) is 4.79 Å². The summed E-state index contributed by atoms with van der Waals surface area (Å²) in [5.74, 6) is -0.217. The van der Waals surface area contributed by atoms with Gasteiger partial charge in [0.2, 0.25) is 5.91 Å². The summed E-state index contributed by atoms with van der Waals surface area (Å²) in [4.78, 5) is 11.9. The van der Waals surface area contributed by atoms with Gasteiger partial charge in [0.15, 0.2) is 0 Å². The maximum atomic E-state index is 11.9. The molecule has 0 aliphatic carbocycles. The van der Waals surface area contributed by atoms with Crippen LogP contribution in [0.3, 0.4) is 0 Å². The molecule has 0 atom stereocenters. The van der Waals surface area contributed by atoms with Gasteiger partial charge in [-0.2, -0.15) is 0 Å². The van der Waals surface area contributed by atoms with Crippen LogP contribution in [0.15, 0.2) is 24.4 Å². The molecule has 0 radical (unpaired) electrons. The lowest BCUT2D eigenvalue weighted by Crippen LogP contribution is -2.19. The minimum Gasteiger partial charge on any atom is -0.396 e. The number of aromatic nitrogens is 3. The average molecular weight is 295 g/mol. The SMILES string of the molecule is Cc1ccc(NC(=O)Cn2cc(CCO)nn2)cc1Cl. The first-order valence-corrected chi connectivity index (χ1v) is 6.52. The Kier molecular flexibility index (Phi) is 4.70. The fourth-order valence-corrected chi connectivity index (χ4v) is 1.84. The molecule has 0 aliphatic rings. The number of carbonyl (C=O) groups is 1. The molecule has 20 heavy (non-hydrogen) atoms. The smallest absolute Gasteiger partial charge is 0.246 e. The number of benzene rings is 1. The molecule has 6 nitrogen and oxygen atoms in total. The summed E-state index contributed by atoms with van der Waals surface area (Å²) in [6.45, 7) is 1.96. The lowest BCUT2D eigenvalue weighted by Gasteiger charge is -2.06. The zero-order valence-electron chi connectivity index (χ0n) is 11.0. The summed E-state index contributed by atoms with van der Waals surface area (Å²) in [6, 6.07) is 5.33. The van der Waals surface area contributed by atoms with E-state index in [2.05, 4.69) is 15.6 Å². The molecule has 0 unspecified atom stereocenters. The van der Waals surface area contributed by atoms with E-state index >= 15 is 0 Å². The Morgan fingerprint density at radius 1 is 1.50 bits per heavy atom. The van der Waals surface area contributed by atoms with Crippen molar-refractivity contribution in [2.75, 3.05) is 11.9 Å². The highest BCUT2D eigenvalue weighted by Crippen LogP contribution is 2.19. The highest BCUT2D eigenvalue weighted by Gasteiger charge is 2.07. The van der Waals surface area contributed by atoms with E-state index < -0.39 is 0 Å². The van der Waals surface area contributed by atoms with Crippen LogP contribution in [0.25, 0.3) is 0 Å². The number of halogens is 1. The molecule has 1 amide bonds. The third-order valence-electron chi connectivity index (χ3n) is 2.72. The number of hydrogen-bond acceptors (Lipinski definition) is 4. The van der Waals surface area contributed by atoms with Crippen molar-refractivity contribution in [3.63, 3.8) is 0 Å². The monoisotopic (exact) mass is 294 g/mol. The van der Waals surface area contributed by atoms with Crippen LogP contribution in [0.1, 0.15) is 11.3 Å². The Balaban J connectivity index is 1.95. The molecule has 1 aromatic carbocycles. The highest BCUT2D eigenvalue weighted by molar-refractivity contribution is 6.31. The van der Waals surface area contributed by atoms with Crippen LogP contribution >= 0.6 is 11.6 Å². The van der Waals surface area contributed by atoms with Crippen LogP contribution in [-0.4, -0.2) is 32.6 Å². The van der Waals surface area contributed by atoms with Gasteiger partial charge in [-0.25, -0.2) is 4.68 Å². The first kappa shape index (κ1) is 14.5. The van der Waals surface area contributed by atoms with Crippen molar-refractivity contribution in [3.8, 4) is 0 Å². The molecule has 1 aromatic heterocycles. The second-order valence-electron chi connectivity index (χ2n) is 4.39. The number of aryl methyl sites for hydroxylation is 1. The Morgan fingerprint density at radius 2 is 2.30 bits per heavy atom. The number of aliphatic hydroxyl groups excluding tert-OH is 1. The van der Waals surface area contributed by atoms with Crippen LogP contribution in [0.2, 0.25) is 5.02 Å². The maximum Gasteiger partial charge on any atom is 0.246 e. The molecule has 0 saturated carbocycles. The van der Waals surface area contributed by atoms with Gasteiger partial charge in [-0.05, 0) is 24.6 Å². The number of hydrogen-bond donors (Lipinski definition) is 2. The number of aliphatic hydroxyl groups is 1. The van der Waals surface area contributed by atoms with Crippen molar-refractivity contribution in [3.05, 3.63) is 40.7 Å². The topological polar surface area (TPSA) is 80.0 Å². The fourth-order valence-electron chi connectivity index (χ4n) is 1.66. The Morgan fingerprint density at radius 3 is 3.00 bits per heavy atom. The first-order chi connectivity index (χ1) is 9.58. The first-order valence-electron chi connectivity index (χ1n) is 6.14. The van der Waals surface area contributed by atoms with Crippen LogP contribution in [0, 0.1) is 6.92 Å². The summed E-state index contributed by atoms with van der Waals surface area (Å²) >= 11 is 5.99.